The SMILES string of the molecule is O=C(O)Cc1ccc(CCCN2C(=O)C(F)(F)C[C@@H]2CC[C@@H](O)CCCCc2ccccc2)s1. The standard InChI is InChI=1S/C26H33F2NO4S/c27-26(28)18-20(12-13-21(30)10-5-4-9-19-7-2-1-3-8-19)29(25(26)33)16-6-11-22-14-15-23(34-22)17-24(31)32/h1-3,7-8,14-15,20-21,30H,4-6,9-13,16-18H2,(H,31,32)/t20-,21-/m0/s1. The summed E-state index contributed by atoms with van der Waals surface area (Å²) < 4.78 is 28.3. The summed E-state index contributed by atoms with van der Waals surface area (Å²) in [5.41, 5.74) is 1.26. The molecule has 5 nitrogen and oxygen atoms in total. The van der Waals surface area contributed by atoms with Gasteiger partial charge in [-0.1, -0.05) is 36.8 Å². The van der Waals surface area contributed by atoms with Gasteiger partial charge in [-0.2, -0.15) is 8.78 Å². The number of benzene rings is 1. The Morgan fingerprint density at radius 3 is 2.53 bits per heavy atom. The molecule has 186 valence electrons. The number of halogens is 2. The molecule has 3 rings (SSSR count). The predicted molar refractivity (Wildman–Crippen MR) is 128 cm³/mol. The molecule has 0 aliphatic carbocycles. The number of aryl methyl sites for hydroxylation is 2. The van der Waals surface area contributed by atoms with Gasteiger partial charge in [-0.15, -0.1) is 11.3 Å². The third-order valence-electron chi connectivity index (χ3n) is 6.30. The lowest BCUT2D eigenvalue weighted by Crippen LogP contribution is -2.37. The van der Waals surface area contributed by atoms with Gasteiger partial charge in [0.1, 0.15) is 0 Å². The van der Waals surface area contributed by atoms with Crippen molar-refractivity contribution in [2.45, 2.75) is 82.3 Å². The summed E-state index contributed by atoms with van der Waals surface area (Å²) in [5.74, 6) is -5.35. The second kappa shape index (κ2) is 12.4. The number of unbranched alkanes of at least 4 members (excludes halogenated alkanes) is 1. The van der Waals surface area contributed by atoms with Crippen LogP contribution in [0.2, 0.25) is 0 Å². The first-order valence-electron chi connectivity index (χ1n) is 11.9. The van der Waals surface area contributed by atoms with Crippen LogP contribution in [0.15, 0.2) is 42.5 Å². The van der Waals surface area contributed by atoms with E-state index < -0.39 is 36.4 Å². The minimum absolute atomic E-state index is 0.0296. The minimum Gasteiger partial charge on any atom is -0.481 e. The number of hydrogen-bond donors (Lipinski definition) is 2. The molecule has 0 radical (unpaired) electrons. The van der Waals surface area contributed by atoms with Gasteiger partial charge in [-0.25, -0.2) is 0 Å². The van der Waals surface area contributed by atoms with E-state index in [1.807, 2.05) is 24.3 Å². The molecule has 2 N–H and O–H groups in total. The van der Waals surface area contributed by atoms with E-state index in [-0.39, 0.29) is 13.0 Å². The van der Waals surface area contributed by atoms with Gasteiger partial charge in [0.15, 0.2) is 0 Å². The molecule has 1 aliphatic heterocycles. The summed E-state index contributed by atoms with van der Waals surface area (Å²) in [4.78, 5) is 26.1. The number of rotatable bonds is 14. The number of hydrogen-bond acceptors (Lipinski definition) is 4. The van der Waals surface area contributed by atoms with E-state index in [9.17, 15) is 23.5 Å². The van der Waals surface area contributed by atoms with Gasteiger partial charge in [0.25, 0.3) is 5.91 Å². The Hall–Kier alpha value is -2.32. The van der Waals surface area contributed by atoms with Crippen LogP contribution < -0.4 is 0 Å². The smallest absolute Gasteiger partial charge is 0.326 e. The van der Waals surface area contributed by atoms with Crippen LogP contribution in [0, 0.1) is 0 Å². The van der Waals surface area contributed by atoms with E-state index in [2.05, 4.69) is 12.1 Å². The number of carbonyl (C=O) groups is 2. The van der Waals surface area contributed by atoms with Crippen molar-refractivity contribution in [2.24, 2.45) is 0 Å². The van der Waals surface area contributed by atoms with Crippen molar-refractivity contribution in [1.29, 1.82) is 0 Å². The third kappa shape index (κ3) is 7.87. The second-order valence-corrected chi connectivity index (χ2v) is 10.3. The molecule has 34 heavy (non-hydrogen) atoms. The molecule has 1 fully saturated rings. The highest BCUT2D eigenvalue weighted by Crippen LogP contribution is 2.36. The lowest BCUT2D eigenvalue weighted by molar-refractivity contribution is -0.148. The predicted octanol–water partition coefficient (Wildman–Crippen LogP) is 5.10. The van der Waals surface area contributed by atoms with Crippen LogP contribution in [-0.4, -0.2) is 51.6 Å². The maximum absolute atomic E-state index is 14.1. The minimum atomic E-state index is -3.34. The van der Waals surface area contributed by atoms with Crippen molar-refractivity contribution in [3.8, 4) is 0 Å². The molecule has 1 amide bonds. The lowest BCUT2D eigenvalue weighted by Gasteiger charge is -2.25. The van der Waals surface area contributed by atoms with E-state index in [4.69, 9.17) is 5.11 Å². The third-order valence-corrected chi connectivity index (χ3v) is 7.45. The number of aliphatic hydroxyl groups excluding tert-OH is 1. The Bertz CT molecular complexity index is 934. The van der Waals surface area contributed by atoms with Crippen LogP contribution >= 0.6 is 11.3 Å². The highest BCUT2D eigenvalue weighted by atomic mass is 32.1. The van der Waals surface area contributed by atoms with Crippen molar-refractivity contribution >= 4 is 23.2 Å². The molecule has 2 aromatic rings. The van der Waals surface area contributed by atoms with E-state index in [1.165, 1.54) is 21.8 Å². The largest absolute Gasteiger partial charge is 0.481 e. The zero-order valence-electron chi connectivity index (χ0n) is 19.3. The molecule has 1 aromatic carbocycles. The van der Waals surface area contributed by atoms with Gasteiger partial charge >= 0.3 is 11.9 Å². The summed E-state index contributed by atoms with van der Waals surface area (Å²) in [6.07, 6.45) is 4.24. The number of amides is 1. The number of carboxylic acid groups (broad SMARTS) is 1. The van der Waals surface area contributed by atoms with Gasteiger partial charge in [0, 0.05) is 28.8 Å². The van der Waals surface area contributed by atoms with Gasteiger partial charge in [-0.05, 0) is 62.6 Å². The quantitative estimate of drug-likeness (QED) is 0.359. The van der Waals surface area contributed by atoms with Crippen molar-refractivity contribution in [3.05, 3.63) is 57.8 Å². The van der Waals surface area contributed by atoms with E-state index in [0.717, 1.165) is 29.0 Å². The highest BCUT2D eigenvalue weighted by molar-refractivity contribution is 7.12. The Morgan fingerprint density at radius 1 is 1.06 bits per heavy atom. The molecule has 0 spiro atoms. The summed E-state index contributed by atoms with van der Waals surface area (Å²) in [7, 11) is 0. The van der Waals surface area contributed by atoms with Crippen LogP contribution in [0.25, 0.3) is 0 Å². The molecule has 0 saturated carbocycles. The number of likely N-dealkylation sites (tertiary alicyclic amines) is 1. The number of aliphatic carboxylic acids is 1. The van der Waals surface area contributed by atoms with Crippen molar-refractivity contribution < 1.29 is 28.6 Å². The van der Waals surface area contributed by atoms with Crippen LogP contribution in [0.5, 0.6) is 0 Å². The van der Waals surface area contributed by atoms with E-state index >= 15 is 0 Å². The molecular formula is C26H33F2NO4S. The van der Waals surface area contributed by atoms with Gasteiger partial charge in [0.05, 0.1) is 12.5 Å². The van der Waals surface area contributed by atoms with Gasteiger partial charge in [0.2, 0.25) is 0 Å². The number of carbonyl (C=O) groups excluding carboxylic acids is 1. The second-order valence-electron chi connectivity index (χ2n) is 9.07. The number of thiophene rings is 1. The molecule has 1 aliphatic rings. The number of alkyl halides is 2. The first kappa shape index (κ1) is 26.3. The number of carboxylic acids is 1. The lowest BCUT2D eigenvalue weighted by atomic mass is 10.00. The normalized spacial score (nSPS) is 18.4. The molecule has 2 heterocycles. The average Bonchev–Trinajstić information content (AvgIpc) is 3.32. The van der Waals surface area contributed by atoms with E-state index in [1.54, 1.807) is 6.07 Å². The first-order valence-corrected chi connectivity index (χ1v) is 12.8. The van der Waals surface area contributed by atoms with E-state index in [0.29, 0.717) is 32.1 Å². The maximum atomic E-state index is 14.1. The molecule has 0 bridgehead atoms. The molecule has 2 atom stereocenters. The summed E-state index contributed by atoms with van der Waals surface area (Å²) in [5, 5.41) is 19.2. The molecule has 1 saturated heterocycles. The Labute approximate surface area is 203 Å². The number of nitrogens with zero attached hydrogens (tertiary/aromatic N) is 1. The molecular weight excluding hydrogens is 460 g/mol. The van der Waals surface area contributed by atoms with Crippen molar-refractivity contribution in [3.63, 3.8) is 0 Å². The first-order chi connectivity index (χ1) is 16.2. The fraction of sp³-hybridized carbons (Fsp3) is 0.538. The Kier molecular flexibility index (Phi) is 9.59. The summed E-state index contributed by atoms with van der Waals surface area (Å²) >= 11 is 1.40. The summed E-state index contributed by atoms with van der Waals surface area (Å²) in [6.45, 7) is 0.235. The summed E-state index contributed by atoms with van der Waals surface area (Å²) in [6, 6.07) is 13.2. The van der Waals surface area contributed by atoms with Crippen molar-refractivity contribution in [1.82, 2.24) is 4.90 Å². The zero-order valence-corrected chi connectivity index (χ0v) is 20.1. The number of aliphatic hydroxyl groups is 1. The van der Waals surface area contributed by atoms with Crippen LogP contribution in [0.1, 0.15) is 60.3 Å². The zero-order chi connectivity index (χ0) is 24.6. The average molecular weight is 494 g/mol. The van der Waals surface area contributed by atoms with Gasteiger partial charge < -0.3 is 15.1 Å². The topological polar surface area (TPSA) is 77.8 Å². The van der Waals surface area contributed by atoms with Crippen molar-refractivity contribution in [2.75, 3.05) is 6.54 Å². The van der Waals surface area contributed by atoms with Gasteiger partial charge in [-0.3, -0.25) is 9.59 Å². The fourth-order valence-electron chi connectivity index (χ4n) is 4.52. The highest BCUT2D eigenvalue weighted by Gasteiger charge is 2.52. The molecule has 1 aromatic heterocycles. The Balaban J connectivity index is 1.41. The molecule has 8 heteroatoms. The van der Waals surface area contributed by atoms with Crippen LogP contribution in [-0.2, 0) is 28.9 Å². The molecule has 0 unspecified atom stereocenters. The van der Waals surface area contributed by atoms with Crippen LogP contribution in [0.4, 0.5) is 8.78 Å². The monoisotopic (exact) mass is 493 g/mol. The van der Waals surface area contributed by atoms with Crippen LogP contribution in [0.3, 0.4) is 0 Å². The Morgan fingerprint density at radius 2 is 1.79 bits per heavy atom. The fourth-order valence-corrected chi connectivity index (χ4v) is 5.57. The maximum Gasteiger partial charge on any atom is 0.326 e.